The largest absolute Gasteiger partial charge is 0.600 e. The Morgan fingerprint density at radius 1 is 0.535 bits per heavy atom. The summed E-state index contributed by atoms with van der Waals surface area (Å²) in [4.78, 5) is 9.28. The van der Waals surface area contributed by atoms with Crippen molar-refractivity contribution in [3.8, 4) is 0 Å². The summed E-state index contributed by atoms with van der Waals surface area (Å²) in [6.45, 7) is 1.25. The van der Waals surface area contributed by atoms with Crippen LogP contribution in [0.3, 0.4) is 0 Å². The zero-order chi connectivity index (χ0) is 30.3. The van der Waals surface area contributed by atoms with Crippen molar-refractivity contribution in [1.29, 1.82) is 0 Å². The van der Waals surface area contributed by atoms with Crippen LogP contribution in [0.4, 0.5) is 0 Å². The van der Waals surface area contributed by atoms with E-state index in [0.29, 0.717) is 13.1 Å². The fraction of sp³-hybridized carbons (Fsp3) is 0.632. The second kappa shape index (κ2) is 28.0. The highest BCUT2D eigenvalue weighted by Crippen LogP contribution is 2.12. The summed E-state index contributed by atoms with van der Waals surface area (Å²) in [5, 5.41) is 16.1. The molecule has 0 aliphatic heterocycles. The summed E-state index contributed by atoms with van der Waals surface area (Å²) in [5.41, 5.74) is 2.66. The number of nitrogens with zero attached hydrogens (tertiary/aromatic N) is 4. The lowest BCUT2D eigenvalue weighted by Crippen LogP contribution is -2.04. The van der Waals surface area contributed by atoms with Crippen LogP contribution in [-0.4, -0.2) is 27.9 Å². The van der Waals surface area contributed by atoms with Gasteiger partial charge in [0.15, 0.2) is 6.54 Å². The minimum absolute atomic E-state index is 0.561. The number of azo groups is 1. The van der Waals surface area contributed by atoms with E-state index in [-0.39, 0.29) is 0 Å². The van der Waals surface area contributed by atoms with Crippen molar-refractivity contribution in [3.05, 3.63) is 89.7 Å². The molecule has 0 unspecified atom stereocenters. The smallest absolute Gasteiger partial charge is 0.180 e. The summed E-state index contributed by atoms with van der Waals surface area (Å²) >= 11 is 0. The zero-order valence-electron chi connectivity index (χ0n) is 27.1. The van der Waals surface area contributed by atoms with Crippen molar-refractivity contribution >= 4 is 0 Å². The van der Waals surface area contributed by atoms with Gasteiger partial charge in [-0.05, 0) is 105 Å². The van der Waals surface area contributed by atoms with Gasteiger partial charge in [0, 0.05) is 31.2 Å². The molecule has 0 aliphatic rings. The fourth-order valence-electron chi connectivity index (χ4n) is 5.31. The van der Waals surface area contributed by atoms with E-state index in [9.17, 15) is 5.21 Å². The summed E-state index contributed by atoms with van der Waals surface area (Å²) in [6.07, 6.45) is 43.7. The third kappa shape index (κ3) is 23.3. The number of pyridine rings is 2. The minimum Gasteiger partial charge on any atom is -0.600 e. The molecule has 0 bridgehead atoms. The molecule has 0 aromatic carbocycles. The molecule has 2 aromatic heterocycles. The zero-order valence-corrected chi connectivity index (χ0v) is 27.1. The Labute approximate surface area is 263 Å². The standard InChI is InChI=1S/C38H60N4O/c43-42(34-24-20-16-12-8-4-2-6-10-14-18-22-28-38-30-26-32-40-36-38)41-33-23-19-15-11-7-3-1-5-9-13-17-21-27-37-29-25-31-39-35-37/h5,9,14,18,25-26,29-32,35-36H,1-4,6-8,10-13,15-17,19-24,27-28,33-34H2/b9-5-,18-14-,42-41?. The molecule has 2 heterocycles. The molecule has 0 saturated carbocycles. The third-order valence-corrected chi connectivity index (χ3v) is 7.97. The monoisotopic (exact) mass is 588 g/mol. The molecule has 0 saturated heterocycles. The van der Waals surface area contributed by atoms with Crippen LogP contribution in [0.5, 0.6) is 0 Å². The number of hydroxylamine groups is 1. The molecule has 0 amide bonds. The number of unbranched alkanes of at least 4 members (excludes halogenated alkanes) is 16. The van der Waals surface area contributed by atoms with Gasteiger partial charge in [-0.15, -0.1) is 0 Å². The second-order valence-electron chi connectivity index (χ2n) is 11.9. The molecule has 0 N–H and O–H groups in total. The van der Waals surface area contributed by atoms with E-state index in [1.54, 1.807) is 0 Å². The molecular weight excluding hydrogens is 528 g/mol. The number of hydrogen-bond acceptors (Lipinski definition) is 4. The fourth-order valence-corrected chi connectivity index (χ4v) is 5.31. The first-order valence-electron chi connectivity index (χ1n) is 17.5. The highest BCUT2D eigenvalue weighted by molar-refractivity contribution is 5.09. The average Bonchev–Trinajstić information content (AvgIpc) is 3.04. The first-order chi connectivity index (χ1) is 21.3. The molecule has 0 aliphatic carbocycles. The highest BCUT2D eigenvalue weighted by Gasteiger charge is 1.99. The van der Waals surface area contributed by atoms with Crippen LogP contribution in [0.25, 0.3) is 0 Å². The second-order valence-corrected chi connectivity index (χ2v) is 11.9. The Kier molecular flexibility index (Phi) is 23.7. The van der Waals surface area contributed by atoms with E-state index < -0.39 is 0 Å². The topological polar surface area (TPSA) is 64.2 Å². The van der Waals surface area contributed by atoms with Gasteiger partial charge in [-0.2, -0.15) is 0 Å². The van der Waals surface area contributed by atoms with Crippen LogP contribution in [0.15, 0.2) is 78.5 Å². The van der Waals surface area contributed by atoms with Gasteiger partial charge >= 0.3 is 0 Å². The molecule has 5 nitrogen and oxygen atoms in total. The maximum atomic E-state index is 11.9. The van der Waals surface area contributed by atoms with Crippen LogP contribution < -0.4 is 0 Å². The Hall–Kier alpha value is -2.82. The highest BCUT2D eigenvalue weighted by atomic mass is 16.5. The molecule has 0 fully saturated rings. The van der Waals surface area contributed by atoms with Crippen LogP contribution in [0.1, 0.15) is 140 Å². The number of hydrogen-bond donors (Lipinski definition) is 0. The molecule has 43 heavy (non-hydrogen) atoms. The molecule has 238 valence electrons. The molecule has 0 spiro atoms. The number of rotatable bonds is 28. The average molecular weight is 589 g/mol. The summed E-state index contributed by atoms with van der Waals surface area (Å²) in [6, 6.07) is 8.33. The summed E-state index contributed by atoms with van der Waals surface area (Å²) < 4.78 is 0. The Bertz CT molecular complexity index is 958. The van der Waals surface area contributed by atoms with Gasteiger partial charge < -0.3 is 5.21 Å². The number of aryl methyl sites for hydroxylation is 2. The number of aromatic nitrogens is 2. The normalized spacial score (nSPS) is 12.1. The summed E-state index contributed by atoms with van der Waals surface area (Å²) in [5.74, 6) is 0. The van der Waals surface area contributed by atoms with Gasteiger partial charge in [0.05, 0.1) is 0 Å². The van der Waals surface area contributed by atoms with Gasteiger partial charge in [-0.25, -0.2) is 0 Å². The maximum absolute atomic E-state index is 11.9. The Balaban J connectivity index is 1.24. The lowest BCUT2D eigenvalue weighted by molar-refractivity contribution is -0.531. The van der Waals surface area contributed by atoms with Gasteiger partial charge in [-0.1, -0.05) is 99.1 Å². The molecule has 5 heteroatoms. The predicted octanol–water partition coefficient (Wildman–Crippen LogP) is 11.1. The first kappa shape index (κ1) is 36.4. The predicted molar refractivity (Wildman–Crippen MR) is 182 cm³/mol. The molecule has 2 aromatic rings. The van der Waals surface area contributed by atoms with Gasteiger partial charge in [0.25, 0.3) is 0 Å². The van der Waals surface area contributed by atoms with Crippen molar-refractivity contribution in [2.75, 3.05) is 13.1 Å². The lowest BCUT2D eigenvalue weighted by Gasteiger charge is -2.03. The van der Waals surface area contributed by atoms with Crippen molar-refractivity contribution in [1.82, 2.24) is 9.97 Å². The summed E-state index contributed by atoms with van der Waals surface area (Å²) in [7, 11) is 0. The first-order valence-corrected chi connectivity index (χ1v) is 17.5. The van der Waals surface area contributed by atoms with Crippen molar-refractivity contribution < 1.29 is 4.86 Å². The molecular formula is C38H60N4O. The van der Waals surface area contributed by atoms with E-state index in [4.69, 9.17) is 0 Å². The SMILES string of the molecule is [O-][N+](CCCCCCCCCC/C=C\CCc1cccnc1)=NCCCCCCCC/C=C\CCCCc1cccnc1. The van der Waals surface area contributed by atoms with E-state index in [2.05, 4.69) is 51.5 Å². The third-order valence-electron chi connectivity index (χ3n) is 7.97. The van der Waals surface area contributed by atoms with Crippen LogP contribution in [0.2, 0.25) is 0 Å². The maximum Gasteiger partial charge on any atom is 0.180 e. The van der Waals surface area contributed by atoms with Crippen LogP contribution in [0, 0.1) is 5.21 Å². The molecule has 0 atom stereocenters. The quantitative estimate of drug-likeness (QED) is 0.0326. The van der Waals surface area contributed by atoms with Gasteiger partial charge in [0.1, 0.15) is 6.54 Å². The molecule has 0 radical (unpaired) electrons. The van der Waals surface area contributed by atoms with E-state index in [1.807, 2.05) is 36.9 Å². The van der Waals surface area contributed by atoms with Gasteiger partial charge in [-0.3, -0.25) is 9.97 Å². The molecule has 2 rings (SSSR count). The lowest BCUT2D eigenvalue weighted by atomic mass is 10.1. The van der Waals surface area contributed by atoms with Crippen molar-refractivity contribution in [2.24, 2.45) is 5.11 Å². The van der Waals surface area contributed by atoms with E-state index in [1.165, 1.54) is 114 Å². The Morgan fingerprint density at radius 2 is 1.00 bits per heavy atom. The number of allylic oxidation sites excluding steroid dienone is 4. The van der Waals surface area contributed by atoms with Crippen LogP contribution >= 0.6 is 0 Å². The van der Waals surface area contributed by atoms with Crippen molar-refractivity contribution in [3.63, 3.8) is 0 Å². The Morgan fingerprint density at radius 3 is 1.56 bits per heavy atom. The van der Waals surface area contributed by atoms with Crippen LogP contribution in [-0.2, 0) is 12.8 Å². The van der Waals surface area contributed by atoms with E-state index in [0.717, 1.165) is 43.4 Å². The van der Waals surface area contributed by atoms with Crippen molar-refractivity contribution in [2.45, 2.75) is 141 Å². The van der Waals surface area contributed by atoms with Gasteiger partial charge in [0.2, 0.25) is 0 Å². The van der Waals surface area contributed by atoms with E-state index >= 15 is 0 Å². The minimum atomic E-state index is 0.561.